The van der Waals surface area contributed by atoms with Crippen LogP contribution < -0.4 is 0 Å². The number of hydrogen-bond acceptors (Lipinski definition) is 3. The summed E-state index contributed by atoms with van der Waals surface area (Å²) in [6.45, 7) is 4.76. The Morgan fingerprint density at radius 1 is 0.250 bits per heavy atom. The smallest absolute Gasteiger partial charge is 0.164 e. The number of fused-ring (bicyclic) bond motifs is 10. The SMILES string of the molecule is CC1(C)c2ccccc2C2(c3ccccc3-c3ccc(-c4ccc(-c5nc(-c6ccc(-c7ccccc7)cc6)nc(-c6ccc(-c7ccccc7)cc6)n5)c5ccccc45)cc32)c2ccccc21. The molecule has 0 atom stereocenters. The van der Waals surface area contributed by atoms with Gasteiger partial charge < -0.3 is 0 Å². The summed E-state index contributed by atoms with van der Waals surface area (Å²) in [5.41, 5.74) is 19.8. The largest absolute Gasteiger partial charge is 0.208 e. The van der Waals surface area contributed by atoms with Crippen LogP contribution >= 0.6 is 0 Å². The molecule has 0 radical (unpaired) electrons. The minimum atomic E-state index is -0.476. The number of aromatic nitrogens is 3. The van der Waals surface area contributed by atoms with Gasteiger partial charge in [-0.3, -0.25) is 0 Å². The molecule has 3 nitrogen and oxygen atoms in total. The molecule has 10 aromatic carbocycles. The molecule has 0 amide bonds. The van der Waals surface area contributed by atoms with E-state index in [1.54, 1.807) is 0 Å². The summed E-state index contributed by atoms with van der Waals surface area (Å²) < 4.78 is 0. The molecule has 1 aromatic heterocycles. The lowest BCUT2D eigenvalue weighted by Crippen LogP contribution is -2.40. The first-order chi connectivity index (χ1) is 33.5. The molecular formula is C65H45N3. The fourth-order valence-electron chi connectivity index (χ4n) is 11.4. The molecule has 2 aliphatic carbocycles. The highest BCUT2D eigenvalue weighted by Crippen LogP contribution is 2.62. The van der Waals surface area contributed by atoms with Crippen molar-refractivity contribution in [2.24, 2.45) is 0 Å². The first kappa shape index (κ1) is 39.8. The van der Waals surface area contributed by atoms with Crippen LogP contribution in [-0.2, 0) is 10.8 Å². The lowest BCUT2D eigenvalue weighted by atomic mass is 9.55. The molecule has 0 fully saturated rings. The molecule has 0 saturated carbocycles. The number of hydrogen-bond donors (Lipinski definition) is 0. The third-order valence-corrected chi connectivity index (χ3v) is 14.7. The van der Waals surface area contributed by atoms with Crippen molar-refractivity contribution in [3.8, 4) is 78.7 Å². The van der Waals surface area contributed by atoms with Gasteiger partial charge in [-0.25, -0.2) is 15.0 Å². The van der Waals surface area contributed by atoms with Gasteiger partial charge in [-0.2, -0.15) is 0 Å². The van der Waals surface area contributed by atoms with E-state index in [1.807, 2.05) is 12.1 Å². The Kier molecular flexibility index (Phi) is 9.10. The molecule has 0 saturated heterocycles. The molecule has 1 spiro atoms. The molecular weight excluding hydrogens is 823 g/mol. The first-order valence-corrected chi connectivity index (χ1v) is 23.5. The van der Waals surface area contributed by atoms with E-state index in [9.17, 15) is 0 Å². The monoisotopic (exact) mass is 867 g/mol. The third-order valence-electron chi connectivity index (χ3n) is 14.7. The lowest BCUT2D eigenvalue weighted by Gasteiger charge is -2.46. The Balaban J connectivity index is 0.977. The van der Waals surface area contributed by atoms with Gasteiger partial charge in [-0.05, 0) is 101 Å². The molecule has 320 valence electrons. The average molecular weight is 868 g/mol. The van der Waals surface area contributed by atoms with Crippen LogP contribution in [0.25, 0.3) is 89.4 Å². The first-order valence-electron chi connectivity index (χ1n) is 23.5. The average Bonchev–Trinajstić information content (AvgIpc) is 3.70. The zero-order valence-corrected chi connectivity index (χ0v) is 37.9. The number of nitrogens with zero attached hydrogens (tertiary/aromatic N) is 3. The highest BCUT2D eigenvalue weighted by molar-refractivity contribution is 6.05. The van der Waals surface area contributed by atoms with Crippen LogP contribution in [0.4, 0.5) is 0 Å². The van der Waals surface area contributed by atoms with Gasteiger partial charge in [0.25, 0.3) is 0 Å². The van der Waals surface area contributed by atoms with Gasteiger partial charge in [-0.1, -0.05) is 238 Å². The topological polar surface area (TPSA) is 38.7 Å². The zero-order chi connectivity index (χ0) is 45.4. The van der Waals surface area contributed by atoms with Crippen LogP contribution in [0, 0.1) is 0 Å². The van der Waals surface area contributed by atoms with Gasteiger partial charge in [-0.15, -0.1) is 0 Å². The normalized spacial score (nSPS) is 13.7. The van der Waals surface area contributed by atoms with E-state index < -0.39 is 5.41 Å². The van der Waals surface area contributed by atoms with Gasteiger partial charge in [0.1, 0.15) is 0 Å². The molecule has 0 N–H and O–H groups in total. The predicted octanol–water partition coefficient (Wildman–Crippen LogP) is 16.0. The van der Waals surface area contributed by atoms with Gasteiger partial charge >= 0.3 is 0 Å². The molecule has 3 heteroatoms. The van der Waals surface area contributed by atoms with Crippen LogP contribution in [0.1, 0.15) is 47.2 Å². The Morgan fingerprint density at radius 3 is 1.18 bits per heavy atom. The maximum absolute atomic E-state index is 5.28. The van der Waals surface area contributed by atoms with E-state index in [1.165, 1.54) is 66.8 Å². The number of benzene rings is 10. The van der Waals surface area contributed by atoms with E-state index in [0.29, 0.717) is 17.5 Å². The summed E-state index contributed by atoms with van der Waals surface area (Å²) in [7, 11) is 0. The molecule has 2 aliphatic rings. The van der Waals surface area contributed by atoms with Crippen molar-refractivity contribution < 1.29 is 0 Å². The Labute approximate surface area is 397 Å². The summed E-state index contributed by atoms with van der Waals surface area (Å²) in [4.78, 5) is 15.7. The second-order valence-electron chi connectivity index (χ2n) is 18.7. The van der Waals surface area contributed by atoms with Crippen LogP contribution in [0.2, 0.25) is 0 Å². The maximum Gasteiger partial charge on any atom is 0.164 e. The summed E-state index contributed by atoms with van der Waals surface area (Å²) in [5, 5.41) is 2.23. The van der Waals surface area contributed by atoms with Crippen LogP contribution in [0.3, 0.4) is 0 Å². The quantitative estimate of drug-likeness (QED) is 0.167. The second-order valence-corrected chi connectivity index (χ2v) is 18.7. The highest BCUT2D eigenvalue weighted by Gasteiger charge is 2.53. The van der Waals surface area contributed by atoms with Crippen LogP contribution in [0.15, 0.2) is 237 Å². The highest BCUT2D eigenvalue weighted by atomic mass is 15.0. The molecule has 0 aliphatic heterocycles. The van der Waals surface area contributed by atoms with E-state index in [4.69, 9.17) is 15.0 Å². The van der Waals surface area contributed by atoms with Crippen molar-refractivity contribution >= 4 is 10.8 Å². The predicted molar refractivity (Wildman–Crippen MR) is 279 cm³/mol. The summed E-state index contributed by atoms with van der Waals surface area (Å²) in [5.74, 6) is 1.89. The summed E-state index contributed by atoms with van der Waals surface area (Å²) in [6.07, 6.45) is 0. The van der Waals surface area contributed by atoms with Crippen molar-refractivity contribution in [2.45, 2.75) is 24.7 Å². The minimum Gasteiger partial charge on any atom is -0.208 e. The minimum absolute atomic E-state index is 0.161. The second kappa shape index (κ2) is 15.5. The molecule has 0 bridgehead atoms. The fourth-order valence-corrected chi connectivity index (χ4v) is 11.4. The summed E-state index contributed by atoms with van der Waals surface area (Å²) in [6, 6.07) is 85.7. The Morgan fingerprint density at radius 2 is 0.618 bits per heavy atom. The van der Waals surface area contributed by atoms with Crippen molar-refractivity contribution in [1.82, 2.24) is 15.0 Å². The Hall–Kier alpha value is -8.53. The molecule has 1 heterocycles. The van der Waals surface area contributed by atoms with Gasteiger partial charge in [0.2, 0.25) is 0 Å². The van der Waals surface area contributed by atoms with E-state index in [-0.39, 0.29) is 5.41 Å². The van der Waals surface area contributed by atoms with Gasteiger partial charge in [0.05, 0.1) is 5.41 Å². The Bertz CT molecular complexity index is 3590. The van der Waals surface area contributed by atoms with Gasteiger partial charge in [0, 0.05) is 22.1 Å². The van der Waals surface area contributed by atoms with Crippen molar-refractivity contribution in [2.75, 3.05) is 0 Å². The third kappa shape index (κ3) is 6.09. The molecule has 0 unspecified atom stereocenters. The van der Waals surface area contributed by atoms with Crippen LogP contribution in [0.5, 0.6) is 0 Å². The molecule has 13 rings (SSSR count). The fraction of sp³-hybridized carbons (Fsp3) is 0.0615. The van der Waals surface area contributed by atoms with E-state index in [2.05, 4.69) is 238 Å². The van der Waals surface area contributed by atoms with Crippen molar-refractivity contribution in [1.29, 1.82) is 0 Å². The van der Waals surface area contributed by atoms with E-state index >= 15 is 0 Å². The molecule has 68 heavy (non-hydrogen) atoms. The standard InChI is InChI=1S/C65H45N3/c1-64(2)56-25-13-15-27-58(56)65(59-28-16-14-26-57(59)64)55-24-12-11-23-52(55)53-38-37-48(41-60(53)65)49-39-40-54(51-22-10-9-21-50(49)51)63-67-61(46-33-29-44(30-34-46)42-17-5-3-6-18-42)66-62(68-63)47-35-31-45(32-36-47)43-19-7-4-8-20-43/h3-41H,1-2H3. The zero-order valence-electron chi connectivity index (χ0n) is 37.9. The summed E-state index contributed by atoms with van der Waals surface area (Å²) >= 11 is 0. The van der Waals surface area contributed by atoms with E-state index in [0.717, 1.165) is 38.6 Å². The van der Waals surface area contributed by atoms with Gasteiger partial charge in [0.15, 0.2) is 17.5 Å². The van der Waals surface area contributed by atoms with Crippen LogP contribution in [-0.4, -0.2) is 15.0 Å². The maximum atomic E-state index is 5.28. The molecule has 11 aromatic rings. The van der Waals surface area contributed by atoms with Crippen molar-refractivity contribution in [3.63, 3.8) is 0 Å². The van der Waals surface area contributed by atoms with Crippen molar-refractivity contribution in [3.05, 3.63) is 270 Å². The lowest BCUT2D eigenvalue weighted by molar-refractivity contribution is 0.563. The number of rotatable bonds is 6.